The maximum atomic E-state index is 12.9. The summed E-state index contributed by atoms with van der Waals surface area (Å²) in [5.41, 5.74) is -2.64. The summed E-state index contributed by atoms with van der Waals surface area (Å²) < 4.78 is 43.8. The Kier molecular flexibility index (Phi) is 4.73. The molecule has 0 saturated carbocycles. The fraction of sp³-hybridized carbons (Fsp3) is 0.462. The van der Waals surface area contributed by atoms with E-state index in [2.05, 4.69) is 5.32 Å². The summed E-state index contributed by atoms with van der Waals surface area (Å²) in [5, 5.41) is 13.0. The zero-order chi connectivity index (χ0) is 17.2. The first-order valence-electron chi connectivity index (χ1n) is 6.67. The Balaban J connectivity index is 2.20. The molecule has 2 amide bonds. The molecule has 0 radical (unpaired) electrons. The van der Waals surface area contributed by atoms with Crippen LogP contribution in [0.2, 0.25) is 0 Å². The normalized spacial score (nSPS) is 17.8. The molecule has 7 nitrogen and oxygen atoms in total. The molecule has 1 N–H and O–H groups in total. The average Bonchev–Trinajstić information content (AvgIpc) is 2.99. The van der Waals surface area contributed by atoms with Crippen molar-refractivity contribution in [2.75, 3.05) is 25.6 Å². The number of hydrogen-bond acceptors (Lipinski definition) is 4. The number of nitro benzene ring substituents is 1. The average molecular weight is 333 g/mol. The summed E-state index contributed by atoms with van der Waals surface area (Å²) in [4.78, 5) is 22.9. The third kappa shape index (κ3) is 3.89. The molecule has 23 heavy (non-hydrogen) atoms. The summed E-state index contributed by atoms with van der Waals surface area (Å²) in [6.45, 7) is 0.871. The van der Waals surface area contributed by atoms with Gasteiger partial charge in [0.1, 0.15) is 5.56 Å². The number of nitrogens with one attached hydrogen (secondary N) is 1. The third-order valence-electron chi connectivity index (χ3n) is 3.52. The Hall–Kier alpha value is -2.36. The van der Waals surface area contributed by atoms with E-state index >= 15 is 0 Å². The Morgan fingerprint density at radius 1 is 1.48 bits per heavy atom. The number of amides is 2. The fourth-order valence-electron chi connectivity index (χ4n) is 2.21. The maximum absolute atomic E-state index is 12.9. The van der Waals surface area contributed by atoms with E-state index in [4.69, 9.17) is 4.74 Å². The van der Waals surface area contributed by atoms with Crippen LogP contribution in [0.25, 0.3) is 0 Å². The number of ether oxygens (including phenoxy) is 1. The van der Waals surface area contributed by atoms with Crippen LogP contribution in [0.15, 0.2) is 18.2 Å². The Labute approximate surface area is 129 Å². The number of halogens is 3. The molecule has 1 fully saturated rings. The van der Waals surface area contributed by atoms with Crippen LogP contribution in [0.4, 0.5) is 29.3 Å². The minimum atomic E-state index is -4.89. The lowest BCUT2D eigenvalue weighted by Crippen LogP contribution is -2.40. The summed E-state index contributed by atoms with van der Waals surface area (Å²) in [6, 6.07) is 1.56. The van der Waals surface area contributed by atoms with Gasteiger partial charge in [0.05, 0.1) is 17.6 Å². The topological polar surface area (TPSA) is 84.7 Å². The zero-order valence-corrected chi connectivity index (χ0v) is 12.1. The predicted molar refractivity (Wildman–Crippen MR) is 74.1 cm³/mol. The number of nitrogens with zero attached hydrogens (tertiary/aromatic N) is 2. The molecule has 126 valence electrons. The largest absolute Gasteiger partial charge is 0.423 e. The number of benzene rings is 1. The Morgan fingerprint density at radius 3 is 2.70 bits per heavy atom. The molecule has 0 aromatic heterocycles. The van der Waals surface area contributed by atoms with Gasteiger partial charge < -0.3 is 15.0 Å². The monoisotopic (exact) mass is 333 g/mol. The lowest BCUT2D eigenvalue weighted by molar-refractivity contribution is -0.388. The summed E-state index contributed by atoms with van der Waals surface area (Å²) in [7, 11) is 1.50. The van der Waals surface area contributed by atoms with Gasteiger partial charge in [0.15, 0.2) is 0 Å². The van der Waals surface area contributed by atoms with Crippen LogP contribution in [-0.4, -0.2) is 42.2 Å². The number of alkyl halides is 3. The second-order valence-corrected chi connectivity index (χ2v) is 5.05. The van der Waals surface area contributed by atoms with Crippen molar-refractivity contribution in [3.05, 3.63) is 33.9 Å². The quantitative estimate of drug-likeness (QED) is 0.681. The maximum Gasteiger partial charge on any atom is 0.423 e. The van der Waals surface area contributed by atoms with Gasteiger partial charge in [-0.2, -0.15) is 13.2 Å². The molecule has 1 aliphatic rings. The number of carbonyl (C=O) groups is 1. The number of hydrogen-bond donors (Lipinski definition) is 1. The molecular formula is C13H14F3N3O4. The first-order valence-corrected chi connectivity index (χ1v) is 6.67. The van der Waals surface area contributed by atoms with Gasteiger partial charge in [-0.1, -0.05) is 0 Å². The van der Waals surface area contributed by atoms with Gasteiger partial charge in [-0.3, -0.25) is 10.1 Å². The molecule has 1 saturated heterocycles. The standard InChI is InChI=1S/C13H14F3N3O4/c1-18(9-4-5-23-7-9)12(20)17-8-2-3-11(19(21)22)10(6-8)13(14,15)16/h2-3,6,9H,4-5,7H2,1H3,(H,17,20). The fourth-order valence-corrected chi connectivity index (χ4v) is 2.21. The van der Waals surface area contributed by atoms with Gasteiger partial charge in [0.2, 0.25) is 0 Å². The van der Waals surface area contributed by atoms with Crippen LogP contribution in [0.1, 0.15) is 12.0 Å². The number of carbonyl (C=O) groups excluding carboxylic acids is 1. The van der Waals surface area contributed by atoms with Gasteiger partial charge in [-0.05, 0) is 18.6 Å². The van der Waals surface area contributed by atoms with Crippen LogP contribution in [0.3, 0.4) is 0 Å². The minimum absolute atomic E-state index is 0.157. The first kappa shape index (κ1) is 17.0. The minimum Gasteiger partial charge on any atom is -0.379 e. The molecule has 0 aliphatic carbocycles. The zero-order valence-electron chi connectivity index (χ0n) is 12.1. The van der Waals surface area contributed by atoms with Crippen molar-refractivity contribution in [3.8, 4) is 0 Å². The van der Waals surface area contributed by atoms with Crippen LogP contribution in [0.5, 0.6) is 0 Å². The van der Waals surface area contributed by atoms with Crippen LogP contribution in [-0.2, 0) is 10.9 Å². The predicted octanol–water partition coefficient (Wildman–Crippen LogP) is 2.87. The highest BCUT2D eigenvalue weighted by Crippen LogP contribution is 2.37. The Bertz CT molecular complexity index is 615. The van der Waals surface area contributed by atoms with E-state index in [0.717, 1.165) is 12.1 Å². The van der Waals surface area contributed by atoms with Gasteiger partial charge in [0, 0.05) is 25.4 Å². The molecule has 1 aliphatic heterocycles. The molecule has 1 unspecified atom stereocenters. The van der Waals surface area contributed by atoms with Gasteiger partial charge >= 0.3 is 12.2 Å². The number of rotatable bonds is 3. The van der Waals surface area contributed by atoms with Crippen molar-refractivity contribution >= 4 is 17.4 Å². The summed E-state index contributed by atoms with van der Waals surface area (Å²) >= 11 is 0. The summed E-state index contributed by atoms with van der Waals surface area (Å²) in [5.74, 6) is 0. The third-order valence-corrected chi connectivity index (χ3v) is 3.52. The van der Waals surface area contributed by atoms with E-state index in [1.165, 1.54) is 11.9 Å². The molecule has 1 heterocycles. The number of nitro groups is 1. The first-order chi connectivity index (χ1) is 10.7. The number of anilines is 1. The van der Waals surface area contributed by atoms with Crippen LogP contribution >= 0.6 is 0 Å². The lowest BCUT2D eigenvalue weighted by atomic mass is 10.1. The molecule has 2 rings (SSSR count). The van der Waals surface area contributed by atoms with Crippen molar-refractivity contribution in [1.82, 2.24) is 4.90 Å². The second kappa shape index (κ2) is 6.41. The molecule has 1 atom stereocenters. The van der Waals surface area contributed by atoms with E-state index in [9.17, 15) is 28.1 Å². The van der Waals surface area contributed by atoms with Gasteiger partial charge in [0.25, 0.3) is 5.69 Å². The highest BCUT2D eigenvalue weighted by atomic mass is 19.4. The highest BCUT2D eigenvalue weighted by Gasteiger charge is 2.38. The van der Waals surface area contributed by atoms with Crippen molar-refractivity contribution < 1.29 is 27.6 Å². The van der Waals surface area contributed by atoms with E-state index in [1.807, 2.05) is 0 Å². The van der Waals surface area contributed by atoms with E-state index in [0.29, 0.717) is 25.7 Å². The second-order valence-electron chi connectivity index (χ2n) is 5.05. The van der Waals surface area contributed by atoms with Crippen LogP contribution in [0, 0.1) is 10.1 Å². The molecule has 1 aromatic rings. The molecule has 0 bridgehead atoms. The summed E-state index contributed by atoms with van der Waals surface area (Å²) in [6.07, 6.45) is -4.26. The number of likely N-dealkylation sites (N-methyl/N-ethyl adjacent to an activating group) is 1. The van der Waals surface area contributed by atoms with Crippen molar-refractivity contribution in [1.29, 1.82) is 0 Å². The van der Waals surface area contributed by atoms with Gasteiger partial charge in [-0.25, -0.2) is 4.79 Å². The van der Waals surface area contributed by atoms with E-state index in [1.54, 1.807) is 0 Å². The smallest absolute Gasteiger partial charge is 0.379 e. The lowest BCUT2D eigenvalue weighted by Gasteiger charge is -2.23. The van der Waals surface area contributed by atoms with E-state index < -0.39 is 28.4 Å². The molecule has 0 spiro atoms. The molecule has 10 heteroatoms. The number of urea groups is 1. The highest BCUT2D eigenvalue weighted by molar-refractivity contribution is 5.89. The van der Waals surface area contributed by atoms with Crippen molar-refractivity contribution in [2.24, 2.45) is 0 Å². The van der Waals surface area contributed by atoms with Gasteiger partial charge in [-0.15, -0.1) is 0 Å². The molecule has 1 aromatic carbocycles. The van der Waals surface area contributed by atoms with E-state index in [-0.39, 0.29) is 11.7 Å². The van der Waals surface area contributed by atoms with Crippen LogP contribution < -0.4 is 5.32 Å². The van der Waals surface area contributed by atoms with Crippen molar-refractivity contribution in [3.63, 3.8) is 0 Å². The molecular weight excluding hydrogens is 319 g/mol. The SMILES string of the molecule is CN(C(=O)Nc1ccc([N+](=O)[O-])c(C(F)(F)F)c1)C1CCOC1. The Morgan fingerprint density at radius 2 is 2.17 bits per heavy atom. The van der Waals surface area contributed by atoms with Crippen molar-refractivity contribution in [2.45, 2.75) is 18.6 Å².